The second-order valence-electron chi connectivity index (χ2n) is 6.05. The fourth-order valence-electron chi connectivity index (χ4n) is 2.60. The van der Waals surface area contributed by atoms with Crippen LogP contribution < -0.4 is 9.47 Å². The smallest absolute Gasteiger partial charge is 0.308 e. The van der Waals surface area contributed by atoms with Crippen molar-refractivity contribution in [3.05, 3.63) is 71.5 Å². The summed E-state index contributed by atoms with van der Waals surface area (Å²) in [7, 11) is 0. The van der Waals surface area contributed by atoms with Crippen LogP contribution >= 0.6 is 15.9 Å². The van der Waals surface area contributed by atoms with E-state index in [9.17, 15) is 9.59 Å². The molecule has 0 fully saturated rings. The van der Waals surface area contributed by atoms with Gasteiger partial charge >= 0.3 is 11.9 Å². The van der Waals surface area contributed by atoms with Crippen molar-refractivity contribution in [3.8, 4) is 11.5 Å². The number of carbonyl (C=O) groups is 2. The van der Waals surface area contributed by atoms with Gasteiger partial charge in [0.2, 0.25) is 0 Å². The van der Waals surface area contributed by atoms with E-state index in [1.807, 2.05) is 30.3 Å². The lowest BCUT2D eigenvalue weighted by Crippen LogP contribution is -2.00. The summed E-state index contributed by atoms with van der Waals surface area (Å²) in [4.78, 5) is 29.9. The van der Waals surface area contributed by atoms with Crippen LogP contribution in [0, 0.1) is 0 Å². The lowest BCUT2D eigenvalue weighted by atomic mass is 10.2. The molecule has 6 nitrogen and oxygen atoms in total. The number of rotatable bonds is 2. The lowest BCUT2D eigenvalue weighted by molar-refractivity contribution is -0.132. The molecular formula is C24H25BrN2O4. The first-order valence-corrected chi connectivity index (χ1v) is 9.47. The third kappa shape index (κ3) is 7.46. The molecule has 0 saturated heterocycles. The maximum atomic E-state index is 10.8. The predicted octanol–water partition coefficient (Wildman–Crippen LogP) is 6.35. The van der Waals surface area contributed by atoms with E-state index in [-0.39, 0.29) is 26.8 Å². The molecule has 0 atom stereocenters. The Morgan fingerprint density at radius 3 is 1.90 bits per heavy atom. The van der Waals surface area contributed by atoms with Gasteiger partial charge in [-0.2, -0.15) is 0 Å². The second kappa shape index (κ2) is 11.8. The molecule has 4 aromatic rings. The molecule has 0 bridgehead atoms. The third-order valence-electron chi connectivity index (χ3n) is 3.72. The minimum absolute atomic E-state index is 0. The van der Waals surface area contributed by atoms with Gasteiger partial charge in [0.05, 0.1) is 11.0 Å². The zero-order valence-electron chi connectivity index (χ0n) is 15.8. The summed E-state index contributed by atoms with van der Waals surface area (Å²) in [6, 6.07) is 16.4. The molecule has 0 aliphatic carbocycles. The molecule has 0 aliphatic rings. The molecule has 0 unspecified atom stereocenters. The van der Waals surface area contributed by atoms with Crippen molar-refractivity contribution in [2.45, 2.75) is 28.7 Å². The molecule has 0 saturated carbocycles. The number of benzene rings is 2. The zero-order valence-corrected chi connectivity index (χ0v) is 17.3. The number of halogens is 1. The molecule has 0 aliphatic heterocycles. The fourth-order valence-corrected chi connectivity index (χ4v) is 2.94. The Bertz CT molecular complexity index is 1190. The van der Waals surface area contributed by atoms with E-state index in [0.29, 0.717) is 11.5 Å². The summed E-state index contributed by atoms with van der Waals surface area (Å²) in [5.74, 6) is 0.457. The van der Waals surface area contributed by atoms with Gasteiger partial charge in [0.25, 0.3) is 0 Å². The molecule has 31 heavy (non-hydrogen) atoms. The number of hydrogen-bond donors (Lipinski definition) is 0. The van der Waals surface area contributed by atoms with Crippen molar-refractivity contribution in [2.24, 2.45) is 0 Å². The predicted molar refractivity (Wildman–Crippen MR) is 127 cm³/mol. The van der Waals surface area contributed by atoms with E-state index in [1.165, 1.54) is 13.8 Å². The Kier molecular flexibility index (Phi) is 9.76. The van der Waals surface area contributed by atoms with Gasteiger partial charge in [-0.3, -0.25) is 19.6 Å². The van der Waals surface area contributed by atoms with Gasteiger partial charge in [-0.05, 0) is 64.5 Å². The van der Waals surface area contributed by atoms with Crippen molar-refractivity contribution in [2.75, 3.05) is 0 Å². The molecule has 4 rings (SSSR count). The van der Waals surface area contributed by atoms with Crippen molar-refractivity contribution >= 4 is 49.7 Å². The van der Waals surface area contributed by atoms with Crippen LogP contribution in [0.15, 0.2) is 71.5 Å². The molecule has 7 heteroatoms. The van der Waals surface area contributed by atoms with Gasteiger partial charge in [0.15, 0.2) is 0 Å². The molecule has 2 aromatic carbocycles. The normalized spacial score (nSPS) is 9.52. The largest absolute Gasteiger partial charge is 0.427 e. The van der Waals surface area contributed by atoms with Crippen LogP contribution in [0.3, 0.4) is 0 Å². The van der Waals surface area contributed by atoms with Crippen molar-refractivity contribution in [1.29, 1.82) is 0 Å². The molecular weight excluding hydrogens is 460 g/mol. The molecule has 2 heterocycles. The van der Waals surface area contributed by atoms with Gasteiger partial charge in [-0.15, -0.1) is 0 Å². The highest BCUT2D eigenvalue weighted by Crippen LogP contribution is 2.22. The highest BCUT2D eigenvalue weighted by atomic mass is 79.9. The van der Waals surface area contributed by atoms with Crippen LogP contribution in [0.25, 0.3) is 21.8 Å². The number of fused-ring (bicyclic) bond motifs is 2. The van der Waals surface area contributed by atoms with Gasteiger partial charge in [0.1, 0.15) is 11.5 Å². The first-order valence-electron chi connectivity index (χ1n) is 8.67. The summed E-state index contributed by atoms with van der Waals surface area (Å²) >= 11 is 3.34. The van der Waals surface area contributed by atoms with Crippen LogP contribution in [0.1, 0.15) is 28.7 Å². The fraction of sp³-hybridized carbons (Fsp3) is 0.167. The number of esters is 2. The summed E-state index contributed by atoms with van der Waals surface area (Å²) in [5.41, 5.74) is 1.76. The van der Waals surface area contributed by atoms with Crippen LogP contribution in [0.2, 0.25) is 0 Å². The van der Waals surface area contributed by atoms with E-state index in [4.69, 9.17) is 9.47 Å². The SMILES string of the molecule is C.C.CC(=O)Oc1ccc2ncc(Br)cc2c1.CC(=O)Oc1ccc2ncccc2c1. The van der Waals surface area contributed by atoms with Crippen molar-refractivity contribution in [3.63, 3.8) is 0 Å². The molecule has 2 aromatic heterocycles. The van der Waals surface area contributed by atoms with Crippen molar-refractivity contribution < 1.29 is 19.1 Å². The highest BCUT2D eigenvalue weighted by Gasteiger charge is 2.01. The first kappa shape index (κ1) is 25.7. The average Bonchev–Trinajstić information content (AvgIpc) is 2.67. The van der Waals surface area contributed by atoms with Crippen molar-refractivity contribution in [1.82, 2.24) is 9.97 Å². The van der Waals surface area contributed by atoms with Crippen LogP contribution in [0.4, 0.5) is 0 Å². The Morgan fingerprint density at radius 1 is 0.774 bits per heavy atom. The topological polar surface area (TPSA) is 78.4 Å². The Balaban J connectivity index is 0.000000292. The van der Waals surface area contributed by atoms with Crippen LogP contribution in [0.5, 0.6) is 11.5 Å². The van der Waals surface area contributed by atoms with Gasteiger partial charge in [-0.1, -0.05) is 20.9 Å². The second-order valence-corrected chi connectivity index (χ2v) is 6.97. The van der Waals surface area contributed by atoms with E-state index < -0.39 is 0 Å². The maximum Gasteiger partial charge on any atom is 0.308 e. The van der Waals surface area contributed by atoms with Gasteiger partial charge in [0, 0.05) is 41.5 Å². The number of nitrogens with zero attached hydrogens (tertiary/aromatic N) is 2. The summed E-state index contributed by atoms with van der Waals surface area (Å²) in [5, 5.41) is 1.90. The maximum absolute atomic E-state index is 10.8. The minimum Gasteiger partial charge on any atom is -0.427 e. The summed E-state index contributed by atoms with van der Waals surface area (Å²) in [6.07, 6.45) is 3.46. The summed E-state index contributed by atoms with van der Waals surface area (Å²) < 4.78 is 10.8. The molecule has 0 spiro atoms. The highest BCUT2D eigenvalue weighted by molar-refractivity contribution is 9.10. The number of aromatic nitrogens is 2. The number of ether oxygens (including phenoxy) is 2. The number of carbonyl (C=O) groups excluding carboxylic acids is 2. The van der Waals surface area contributed by atoms with E-state index in [2.05, 4.69) is 25.9 Å². The molecule has 0 N–H and O–H groups in total. The van der Waals surface area contributed by atoms with E-state index in [1.54, 1.807) is 36.7 Å². The Labute approximate surface area is 190 Å². The monoisotopic (exact) mass is 484 g/mol. The van der Waals surface area contributed by atoms with Crippen LogP contribution in [-0.2, 0) is 9.59 Å². The Morgan fingerprint density at radius 2 is 1.32 bits per heavy atom. The van der Waals surface area contributed by atoms with Gasteiger partial charge < -0.3 is 9.47 Å². The molecule has 162 valence electrons. The number of pyridine rings is 2. The first-order chi connectivity index (χ1) is 13.9. The molecule has 0 amide bonds. The Hall–Kier alpha value is -3.32. The minimum atomic E-state index is -0.322. The molecule has 0 radical (unpaired) electrons. The quantitative estimate of drug-likeness (QED) is 0.243. The standard InChI is InChI=1S/C11H8BrNO2.C11H9NO2.2CH4/c1-7(14)15-10-2-3-11-8(5-10)4-9(12)6-13-11;1-8(13)14-10-4-5-11-9(7-10)3-2-6-12-11;;/h2-6H,1H3;2-7H,1H3;2*1H4. The van der Waals surface area contributed by atoms with Crippen LogP contribution in [-0.4, -0.2) is 21.9 Å². The number of hydrogen-bond acceptors (Lipinski definition) is 6. The zero-order chi connectivity index (χ0) is 20.8. The van der Waals surface area contributed by atoms with Gasteiger partial charge in [-0.25, -0.2) is 0 Å². The average molecular weight is 485 g/mol. The lowest BCUT2D eigenvalue weighted by Gasteiger charge is -2.02. The third-order valence-corrected chi connectivity index (χ3v) is 4.15. The summed E-state index contributed by atoms with van der Waals surface area (Å²) in [6.45, 7) is 2.76. The van der Waals surface area contributed by atoms with E-state index in [0.717, 1.165) is 26.3 Å². The van der Waals surface area contributed by atoms with E-state index >= 15 is 0 Å².